The van der Waals surface area contributed by atoms with Crippen molar-refractivity contribution in [1.82, 2.24) is 19.7 Å². The lowest BCUT2D eigenvalue weighted by Gasteiger charge is -2.31. The molecule has 6 nitrogen and oxygen atoms in total. The SMILES string of the molecule is CCC1CCc2sc(-c3nnc(SCC(=O)N4CCOC(C)C4)n3C)cc2C1. The lowest BCUT2D eigenvalue weighted by molar-refractivity contribution is -0.135. The van der Waals surface area contributed by atoms with E-state index in [0.717, 1.165) is 16.9 Å². The van der Waals surface area contributed by atoms with Crippen LogP contribution in [-0.2, 0) is 29.4 Å². The van der Waals surface area contributed by atoms with Crippen LogP contribution in [0.3, 0.4) is 0 Å². The number of carbonyl (C=O) groups excluding carboxylic acids is 1. The normalized spacial score (nSPS) is 22.3. The minimum atomic E-state index is 0.112. The number of aryl methyl sites for hydroxylation is 1. The van der Waals surface area contributed by atoms with Gasteiger partial charge in [0.15, 0.2) is 11.0 Å². The van der Waals surface area contributed by atoms with E-state index < -0.39 is 0 Å². The maximum absolute atomic E-state index is 12.5. The Morgan fingerprint density at radius 3 is 3.07 bits per heavy atom. The highest BCUT2D eigenvalue weighted by Crippen LogP contribution is 2.38. The molecule has 0 N–H and O–H groups in total. The van der Waals surface area contributed by atoms with Gasteiger partial charge in [-0.3, -0.25) is 4.79 Å². The van der Waals surface area contributed by atoms with Crippen LogP contribution >= 0.6 is 23.1 Å². The van der Waals surface area contributed by atoms with Crippen molar-refractivity contribution in [2.24, 2.45) is 13.0 Å². The van der Waals surface area contributed by atoms with E-state index in [0.29, 0.717) is 25.4 Å². The first-order valence-electron chi connectivity index (χ1n) is 10.1. The van der Waals surface area contributed by atoms with Crippen molar-refractivity contribution in [1.29, 1.82) is 0 Å². The van der Waals surface area contributed by atoms with Crippen LogP contribution in [0.4, 0.5) is 0 Å². The van der Waals surface area contributed by atoms with Crippen LogP contribution in [0.15, 0.2) is 11.2 Å². The van der Waals surface area contributed by atoms with E-state index in [4.69, 9.17) is 4.74 Å². The first-order chi connectivity index (χ1) is 13.5. The van der Waals surface area contributed by atoms with Crippen molar-refractivity contribution in [3.8, 4) is 10.7 Å². The second kappa shape index (κ2) is 8.55. The number of thioether (sulfide) groups is 1. The lowest BCUT2D eigenvalue weighted by Crippen LogP contribution is -2.45. The summed E-state index contributed by atoms with van der Waals surface area (Å²) >= 11 is 3.32. The van der Waals surface area contributed by atoms with Crippen LogP contribution < -0.4 is 0 Å². The molecule has 1 amide bonds. The third kappa shape index (κ3) is 4.14. The molecule has 152 valence electrons. The van der Waals surface area contributed by atoms with Crippen molar-refractivity contribution in [2.45, 2.75) is 50.8 Å². The number of morpholine rings is 1. The van der Waals surface area contributed by atoms with E-state index in [2.05, 4.69) is 23.2 Å². The molecule has 1 aliphatic carbocycles. The number of amides is 1. The van der Waals surface area contributed by atoms with Gasteiger partial charge in [0.1, 0.15) is 0 Å². The van der Waals surface area contributed by atoms with Crippen LogP contribution in [0.25, 0.3) is 10.7 Å². The molecule has 2 aromatic heterocycles. The van der Waals surface area contributed by atoms with Gasteiger partial charge in [0.25, 0.3) is 0 Å². The molecule has 0 radical (unpaired) electrons. The van der Waals surface area contributed by atoms with Gasteiger partial charge in [-0.1, -0.05) is 25.1 Å². The van der Waals surface area contributed by atoms with E-state index in [1.807, 2.05) is 34.8 Å². The second-order valence-corrected chi connectivity index (χ2v) is 9.83. The monoisotopic (exact) mass is 420 g/mol. The molecule has 3 heterocycles. The summed E-state index contributed by atoms with van der Waals surface area (Å²) in [7, 11) is 1.99. The van der Waals surface area contributed by atoms with E-state index in [9.17, 15) is 4.79 Å². The fourth-order valence-corrected chi connectivity index (χ4v) is 6.02. The predicted molar refractivity (Wildman–Crippen MR) is 113 cm³/mol. The van der Waals surface area contributed by atoms with Gasteiger partial charge in [-0.15, -0.1) is 21.5 Å². The number of thiophene rings is 1. The van der Waals surface area contributed by atoms with Gasteiger partial charge >= 0.3 is 0 Å². The Hall–Kier alpha value is -1.38. The smallest absolute Gasteiger partial charge is 0.233 e. The average Bonchev–Trinajstić information content (AvgIpc) is 3.28. The topological polar surface area (TPSA) is 60.3 Å². The zero-order chi connectivity index (χ0) is 19.7. The molecule has 2 aliphatic rings. The quantitative estimate of drug-likeness (QED) is 0.694. The Bertz CT molecular complexity index is 847. The van der Waals surface area contributed by atoms with Gasteiger partial charge in [0.05, 0.1) is 23.3 Å². The number of fused-ring (bicyclic) bond motifs is 1. The van der Waals surface area contributed by atoms with Gasteiger partial charge < -0.3 is 14.2 Å². The minimum absolute atomic E-state index is 0.112. The van der Waals surface area contributed by atoms with Gasteiger partial charge in [0.2, 0.25) is 5.91 Å². The summed E-state index contributed by atoms with van der Waals surface area (Å²) in [6, 6.07) is 2.31. The van der Waals surface area contributed by atoms with Crippen LogP contribution in [0.2, 0.25) is 0 Å². The molecule has 28 heavy (non-hydrogen) atoms. The average molecular weight is 421 g/mol. The summed E-state index contributed by atoms with van der Waals surface area (Å²) in [6.45, 7) is 6.25. The van der Waals surface area contributed by atoms with Crippen molar-refractivity contribution in [2.75, 3.05) is 25.4 Å². The number of ether oxygens (including phenoxy) is 1. The summed E-state index contributed by atoms with van der Waals surface area (Å²) < 4.78 is 7.54. The lowest BCUT2D eigenvalue weighted by atomic mass is 9.87. The number of hydrogen-bond acceptors (Lipinski definition) is 6. The number of rotatable bonds is 5. The second-order valence-electron chi connectivity index (χ2n) is 7.75. The number of aromatic nitrogens is 3. The Kier molecular flexibility index (Phi) is 6.08. The van der Waals surface area contributed by atoms with E-state index in [1.54, 1.807) is 0 Å². The molecular weight excluding hydrogens is 392 g/mol. The maximum Gasteiger partial charge on any atom is 0.233 e. The number of nitrogens with zero attached hydrogens (tertiary/aromatic N) is 4. The summed E-state index contributed by atoms with van der Waals surface area (Å²) in [4.78, 5) is 17.1. The summed E-state index contributed by atoms with van der Waals surface area (Å²) in [5.41, 5.74) is 1.49. The molecule has 0 bridgehead atoms. The molecular formula is C20H28N4O2S2. The minimum Gasteiger partial charge on any atom is -0.375 e. The molecule has 1 fully saturated rings. The van der Waals surface area contributed by atoms with Crippen LogP contribution in [0, 0.1) is 5.92 Å². The Balaban J connectivity index is 1.42. The molecule has 2 aromatic rings. The van der Waals surface area contributed by atoms with Crippen molar-refractivity contribution < 1.29 is 9.53 Å². The van der Waals surface area contributed by atoms with E-state index in [1.165, 1.54) is 52.8 Å². The molecule has 8 heteroatoms. The number of hydrogen-bond donors (Lipinski definition) is 0. The third-order valence-corrected chi connectivity index (χ3v) is 7.97. The van der Waals surface area contributed by atoms with Crippen molar-refractivity contribution >= 4 is 29.0 Å². The van der Waals surface area contributed by atoms with E-state index in [-0.39, 0.29) is 12.0 Å². The van der Waals surface area contributed by atoms with Gasteiger partial charge in [-0.05, 0) is 43.7 Å². The van der Waals surface area contributed by atoms with Crippen LogP contribution in [0.5, 0.6) is 0 Å². The fourth-order valence-electron chi connectivity index (χ4n) is 3.98. The largest absolute Gasteiger partial charge is 0.375 e. The van der Waals surface area contributed by atoms with Crippen molar-refractivity contribution in [3.05, 3.63) is 16.5 Å². The Morgan fingerprint density at radius 1 is 1.43 bits per heavy atom. The molecule has 0 spiro atoms. The summed E-state index contributed by atoms with van der Waals surface area (Å²) in [5, 5.41) is 9.57. The molecule has 0 aromatic carbocycles. The molecule has 4 rings (SSSR count). The van der Waals surface area contributed by atoms with Gasteiger partial charge in [0, 0.05) is 25.0 Å². The Morgan fingerprint density at radius 2 is 2.29 bits per heavy atom. The predicted octanol–water partition coefficient (Wildman–Crippen LogP) is 3.40. The first-order valence-corrected chi connectivity index (χ1v) is 11.9. The Labute approximate surface area is 174 Å². The fraction of sp³-hybridized carbons (Fsp3) is 0.650. The zero-order valence-corrected chi connectivity index (χ0v) is 18.4. The van der Waals surface area contributed by atoms with Gasteiger partial charge in [-0.2, -0.15) is 0 Å². The molecule has 2 unspecified atom stereocenters. The highest BCUT2D eigenvalue weighted by Gasteiger charge is 2.24. The highest BCUT2D eigenvalue weighted by molar-refractivity contribution is 7.99. The third-order valence-electron chi connectivity index (χ3n) is 5.74. The first kappa shape index (κ1) is 19.9. The summed E-state index contributed by atoms with van der Waals surface area (Å²) in [6.07, 6.45) is 5.04. The maximum atomic E-state index is 12.5. The standard InChI is InChI=1S/C20H28N4O2S2/c1-4-14-5-6-16-15(9-14)10-17(28-16)19-21-22-20(23(19)3)27-12-18(25)24-7-8-26-13(2)11-24/h10,13-14H,4-9,11-12H2,1-3H3. The molecule has 0 saturated carbocycles. The van der Waals surface area contributed by atoms with Crippen LogP contribution in [-0.4, -0.2) is 57.1 Å². The highest BCUT2D eigenvalue weighted by atomic mass is 32.2. The number of carbonyl (C=O) groups is 1. The molecule has 2 atom stereocenters. The molecule has 1 saturated heterocycles. The van der Waals surface area contributed by atoms with Crippen LogP contribution in [0.1, 0.15) is 37.1 Å². The van der Waals surface area contributed by atoms with E-state index >= 15 is 0 Å². The zero-order valence-electron chi connectivity index (χ0n) is 16.8. The van der Waals surface area contributed by atoms with Gasteiger partial charge in [-0.25, -0.2) is 0 Å². The summed E-state index contributed by atoms with van der Waals surface area (Å²) in [5.74, 6) is 2.25. The molecule has 1 aliphatic heterocycles. The van der Waals surface area contributed by atoms with Crippen molar-refractivity contribution in [3.63, 3.8) is 0 Å².